The molecule has 0 saturated carbocycles. The van der Waals surface area contributed by atoms with Gasteiger partial charge in [0.05, 0.1) is 11.7 Å². The van der Waals surface area contributed by atoms with E-state index in [1.54, 1.807) is 17.5 Å². The fraction of sp³-hybridized carbons (Fsp3) is 0.182. The van der Waals surface area contributed by atoms with E-state index in [1.807, 2.05) is 18.2 Å². The summed E-state index contributed by atoms with van der Waals surface area (Å²) in [7, 11) is 0. The predicted molar refractivity (Wildman–Crippen MR) is 59.3 cm³/mol. The van der Waals surface area contributed by atoms with Crippen LogP contribution in [0, 0.1) is 6.92 Å². The van der Waals surface area contributed by atoms with E-state index >= 15 is 0 Å². The Morgan fingerprint density at radius 3 is 2.86 bits per heavy atom. The minimum absolute atomic E-state index is 0.0962. The second-order valence-corrected chi connectivity index (χ2v) is 4.34. The highest BCUT2D eigenvalue weighted by Crippen LogP contribution is 2.22. The summed E-state index contributed by atoms with van der Waals surface area (Å²) in [6.07, 6.45) is 1.77. The second kappa shape index (κ2) is 3.90. The maximum Gasteiger partial charge on any atom is 0.0734 e. The van der Waals surface area contributed by atoms with Crippen molar-refractivity contribution in [2.45, 2.75) is 13.0 Å². The Kier molecular flexibility index (Phi) is 2.61. The number of nitrogens with zero attached hydrogens (tertiary/aromatic N) is 1. The van der Waals surface area contributed by atoms with Crippen molar-refractivity contribution < 1.29 is 0 Å². The van der Waals surface area contributed by atoms with Gasteiger partial charge in [0.25, 0.3) is 0 Å². The molecule has 0 radical (unpaired) electrons. The zero-order valence-corrected chi connectivity index (χ0v) is 8.79. The van der Waals surface area contributed by atoms with Gasteiger partial charge in [-0.25, -0.2) is 0 Å². The van der Waals surface area contributed by atoms with E-state index in [-0.39, 0.29) is 6.04 Å². The largest absolute Gasteiger partial charge is 0.319 e. The number of hydrogen-bond acceptors (Lipinski definition) is 3. The molecule has 14 heavy (non-hydrogen) atoms. The van der Waals surface area contributed by atoms with Crippen LogP contribution in [-0.4, -0.2) is 4.98 Å². The summed E-state index contributed by atoms with van der Waals surface area (Å²) in [6, 6.07) is 7.83. The first-order valence-electron chi connectivity index (χ1n) is 4.49. The van der Waals surface area contributed by atoms with Crippen molar-refractivity contribution in [3.05, 3.63) is 52.0 Å². The molecule has 0 saturated heterocycles. The Bertz CT molecular complexity index is 408. The Balaban J connectivity index is 2.29. The first kappa shape index (κ1) is 9.37. The molecule has 0 spiro atoms. The number of rotatable bonds is 2. The van der Waals surface area contributed by atoms with Crippen molar-refractivity contribution >= 4 is 11.3 Å². The smallest absolute Gasteiger partial charge is 0.0734 e. The lowest BCUT2D eigenvalue weighted by Gasteiger charge is -2.08. The summed E-state index contributed by atoms with van der Waals surface area (Å²) in [5.74, 6) is 0. The van der Waals surface area contributed by atoms with E-state index in [0.717, 1.165) is 11.3 Å². The SMILES string of the molecule is Cc1cc(C(N)c2ccccn2)cs1. The van der Waals surface area contributed by atoms with Crippen LogP contribution in [0.2, 0.25) is 0 Å². The zero-order chi connectivity index (χ0) is 9.97. The number of thiophene rings is 1. The number of nitrogens with two attached hydrogens (primary N) is 1. The van der Waals surface area contributed by atoms with E-state index < -0.39 is 0 Å². The summed E-state index contributed by atoms with van der Waals surface area (Å²) in [6.45, 7) is 2.08. The molecule has 3 heteroatoms. The number of pyridine rings is 1. The highest BCUT2D eigenvalue weighted by molar-refractivity contribution is 7.10. The van der Waals surface area contributed by atoms with Crippen LogP contribution in [0.25, 0.3) is 0 Å². The van der Waals surface area contributed by atoms with Gasteiger partial charge in [0.2, 0.25) is 0 Å². The topological polar surface area (TPSA) is 38.9 Å². The maximum absolute atomic E-state index is 6.07. The molecule has 2 rings (SSSR count). The zero-order valence-electron chi connectivity index (χ0n) is 7.97. The molecule has 2 aromatic heterocycles. The molecule has 0 aliphatic rings. The molecule has 0 aromatic carbocycles. The molecule has 72 valence electrons. The van der Waals surface area contributed by atoms with Gasteiger partial charge >= 0.3 is 0 Å². The molecule has 2 nitrogen and oxygen atoms in total. The van der Waals surface area contributed by atoms with Crippen molar-refractivity contribution in [3.8, 4) is 0 Å². The third-order valence-electron chi connectivity index (χ3n) is 2.12. The molecular formula is C11H12N2S. The highest BCUT2D eigenvalue weighted by atomic mass is 32.1. The molecule has 1 unspecified atom stereocenters. The third-order valence-corrected chi connectivity index (χ3v) is 3.00. The summed E-state index contributed by atoms with van der Waals surface area (Å²) in [5, 5.41) is 2.09. The molecule has 0 amide bonds. The van der Waals surface area contributed by atoms with Gasteiger partial charge in [-0.2, -0.15) is 0 Å². The monoisotopic (exact) mass is 204 g/mol. The average Bonchev–Trinajstić information content (AvgIpc) is 2.65. The van der Waals surface area contributed by atoms with Gasteiger partial charge in [0.1, 0.15) is 0 Å². The van der Waals surface area contributed by atoms with Crippen LogP contribution in [0.3, 0.4) is 0 Å². The van der Waals surface area contributed by atoms with Gasteiger partial charge in [-0.15, -0.1) is 11.3 Å². The van der Waals surface area contributed by atoms with Crippen molar-refractivity contribution in [1.29, 1.82) is 0 Å². The molecule has 2 N–H and O–H groups in total. The van der Waals surface area contributed by atoms with Crippen LogP contribution < -0.4 is 5.73 Å². The Hall–Kier alpha value is -1.19. The fourth-order valence-electron chi connectivity index (χ4n) is 1.36. The van der Waals surface area contributed by atoms with E-state index in [4.69, 9.17) is 5.73 Å². The van der Waals surface area contributed by atoms with E-state index in [1.165, 1.54) is 4.88 Å². The molecular weight excluding hydrogens is 192 g/mol. The summed E-state index contributed by atoms with van der Waals surface area (Å²) in [5.41, 5.74) is 8.14. The van der Waals surface area contributed by atoms with Gasteiger partial charge in [-0.05, 0) is 36.1 Å². The van der Waals surface area contributed by atoms with Gasteiger partial charge in [-0.1, -0.05) is 6.07 Å². The molecule has 0 fully saturated rings. The van der Waals surface area contributed by atoms with Crippen LogP contribution in [0.4, 0.5) is 0 Å². The first-order valence-corrected chi connectivity index (χ1v) is 5.37. The third kappa shape index (κ3) is 1.84. The van der Waals surface area contributed by atoms with Crippen LogP contribution in [0.1, 0.15) is 22.2 Å². The van der Waals surface area contributed by atoms with Crippen molar-refractivity contribution in [3.63, 3.8) is 0 Å². The molecule has 0 aliphatic heterocycles. The van der Waals surface area contributed by atoms with Crippen molar-refractivity contribution in [2.75, 3.05) is 0 Å². The lowest BCUT2D eigenvalue weighted by molar-refractivity contribution is 0.832. The Labute approximate surface area is 87.4 Å². The van der Waals surface area contributed by atoms with Gasteiger partial charge in [-0.3, -0.25) is 4.98 Å². The second-order valence-electron chi connectivity index (χ2n) is 3.22. The van der Waals surface area contributed by atoms with Crippen LogP contribution in [0.5, 0.6) is 0 Å². The number of aromatic nitrogens is 1. The Morgan fingerprint density at radius 1 is 1.43 bits per heavy atom. The van der Waals surface area contributed by atoms with E-state index in [9.17, 15) is 0 Å². The predicted octanol–water partition coefficient (Wildman–Crippen LogP) is 2.50. The normalized spacial score (nSPS) is 12.7. The Morgan fingerprint density at radius 2 is 2.29 bits per heavy atom. The van der Waals surface area contributed by atoms with Crippen LogP contribution in [-0.2, 0) is 0 Å². The summed E-state index contributed by atoms with van der Waals surface area (Å²) in [4.78, 5) is 5.53. The summed E-state index contributed by atoms with van der Waals surface area (Å²) < 4.78 is 0. The van der Waals surface area contributed by atoms with Crippen molar-refractivity contribution in [1.82, 2.24) is 4.98 Å². The van der Waals surface area contributed by atoms with Crippen LogP contribution >= 0.6 is 11.3 Å². The summed E-state index contributed by atoms with van der Waals surface area (Å²) >= 11 is 1.72. The molecule has 2 aromatic rings. The molecule has 2 heterocycles. The lowest BCUT2D eigenvalue weighted by Crippen LogP contribution is -2.12. The minimum Gasteiger partial charge on any atom is -0.319 e. The fourth-order valence-corrected chi connectivity index (χ4v) is 2.10. The van der Waals surface area contributed by atoms with E-state index in [2.05, 4.69) is 23.4 Å². The number of hydrogen-bond donors (Lipinski definition) is 1. The van der Waals surface area contributed by atoms with E-state index in [0.29, 0.717) is 0 Å². The maximum atomic E-state index is 6.07. The molecule has 1 atom stereocenters. The lowest BCUT2D eigenvalue weighted by atomic mass is 10.1. The molecule has 0 aliphatic carbocycles. The van der Waals surface area contributed by atoms with Gasteiger partial charge in [0.15, 0.2) is 0 Å². The first-order chi connectivity index (χ1) is 6.77. The molecule has 0 bridgehead atoms. The van der Waals surface area contributed by atoms with Crippen molar-refractivity contribution in [2.24, 2.45) is 5.73 Å². The highest BCUT2D eigenvalue weighted by Gasteiger charge is 2.10. The minimum atomic E-state index is -0.0962. The average molecular weight is 204 g/mol. The number of aryl methyl sites for hydroxylation is 1. The standard InChI is InChI=1S/C11H12N2S/c1-8-6-9(7-14-8)11(12)10-4-2-3-5-13-10/h2-7,11H,12H2,1H3. The van der Waals surface area contributed by atoms with Gasteiger partial charge in [0, 0.05) is 11.1 Å². The van der Waals surface area contributed by atoms with Gasteiger partial charge < -0.3 is 5.73 Å². The quantitative estimate of drug-likeness (QED) is 0.816. The van der Waals surface area contributed by atoms with Crippen LogP contribution in [0.15, 0.2) is 35.8 Å².